The van der Waals surface area contributed by atoms with Crippen LogP contribution in [0.1, 0.15) is 17.3 Å². The molecule has 0 radical (unpaired) electrons. The topological polar surface area (TPSA) is 51.7 Å². The molecule has 3 rings (SSSR count). The molecule has 0 N–H and O–H groups in total. The summed E-state index contributed by atoms with van der Waals surface area (Å²) in [5, 5.41) is 0.942. The lowest BCUT2D eigenvalue weighted by Crippen LogP contribution is -2.37. The summed E-state index contributed by atoms with van der Waals surface area (Å²) in [6.45, 7) is 5.41. The van der Waals surface area contributed by atoms with Crippen LogP contribution in [-0.2, 0) is 4.74 Å². The van der Waals surface area contributed by atoms with E-state index in [0.717, 1.165) is 41.8 Å². The number of carbonyl (C=O) groups excluding carboxylic acids is 1. The maximum Gasteiger partial charge on any atom is 0.153 e. The number of pyridine rings is 1. The lowest BCUT2D eigenvalue weighted by atomic mass is 10.1. The maximum atomic E-state index is 11.4. The second-order valence-corrected chi connectivity index (χ2v) is 4.91. The molecule has 0 bridgehead atoms. The molecule has 1 aliphatic rings. The third kappa shape index (κ3) is 2.83. The second kappa shape index (κ2) is 6.10. The van der Waals surface area contributed by atoms with E-state index in [1.165, 1.54) is 0 Å². The zero-order chi connectivity index (χ0) is 14.7. The Bertz CT molecular complexity index is 651. The van der Waals surface area contributed by atoms with Gasteiger partial charge in [-0.2, -0.15) is 0 Å². The Hall–Kier alpha value is -2.14. The van der Waals surface area contributed by atoms with Gasteiger partial charge in [0, 0.05) is 24.5 Å². The van der Waals surface area contributed by atoms with Crippen molar-refractivity contribution in [3.63, 3.8) is 0 Å². The summed E-state index contributed by atoms with van der Waals surface area (Å²) in [5.41, 5.74) is 1.46. The molecule has 0 unspecified atom stereocenters. The first kappa shape index (κ1) is 13.8. The third-order valence-electron chi connectivity index (χ3n) is 3.55. The molecule has 0 saturated carbocycles. The van der Waals surface area contributed by atoms with E-state index in [1.807, 2.05) is 31.2 Å². The molecule has 1 aromatic heterocycles. The van der Waals surface area contributed by atoms with Crippen molar-refractivity contribution in [1.82, 2.24) is 4.98 Å². The minimum Gasteiger partial charge on any atom is -0.494 e. The molecular formula is C16H18N2O3. The quantitative estimate of drug-likeness (QED) is 0.807. The summed E-state index contributed by atoms with van der Waals surface area (Å²) in [5.74, 6) is 1.53. The Kier molecular flexibility index (Phi) is 4.01. The van der Waals surface area contributed by atoms with Gasteiger partial charge in [0.15, 0.2) is 6.29 Å². The van der Waals surface area contributed by atoms with Gasteiger partial charge < -0.3 is 14.4 Å². The van der Waals surface area contributed by atoms with Gasteiger partial charge in [0.05, 0.1) is 30.9 Å². The van der Waals surface area contributed by atoms with Gasteiger partial charge in [-0.3, -0.25) is 4.79 Å². The van der Waals surface area contributed by atoms with E-state index >= 15 is 0 Å². The molecule has 0 atom stereocenters. The number of carbonyl (C=O) groups is 1. The molecule has 5 nitrogen and oxygen atoms in total. The molecule has 21 heavy (non-hydrogen) atoms. The molecule has 2 aromatic rings. The Labute approximate surface area is 123 Å². The van der Waals surface area contributed by atoms with Crippen molar-refractivity contribution in [1.29, 1.82) is 0 Å². The largest absolute Gasteiger partial charge is 0.494 e. The van der Waals surface area contributed by atoms with Crippen LogP contribution >= 0.6 is 0 Å². The maximum absolute atomic E-state index is 11.4. The molecule has 0 amide bonds. The standard InChI is InChI=1S/C16H18N2O3/c1-2-21-14-4-3-12-9-13(11-19)16(17-15(12)10-14)18-5-7-20-8-6-18/h3-4,9-11H,2,5-8H2,1H3. The number of hydrogen-bond acceptors (Lipinski definition) is 5. The first-order valence-corrected chi connectivity index (χ1v) is 7.17. The summed E-state index contributed by atoms with van der Waals surface area (Å²) >= 11 is 0. The number of ether oxygens (including phenoxy) is 2. The lowest BCUT2D eigenvalue weighted by molar-refractivity contribution is 0.111. The molecule has 2 heterocycles. The number of morpholine rings is 1. The number of benzene rings is 1. The van der Waals surface area contributed by atoms with Crippen LogP contribution in [0.15, 0.2) is 24.3 Å². The van der Waals surface area contributed by atoms with Gasteiger partial charge in [0.25, 0.3) is 0 Å². The highest BCUT2D eigenvalue weighted by Gasteiger charge is 2.17. The van der Waals surface area contributed by atoms with Gasteiger partial charge >= 0.3 is 0 Å². The van der Waals surface area contributed by atoms with Crippen molar-refractivity contribution < 1.29 is 14.3 Å². The summed E-state index contributed by atoms with van der Waals surface area (Å²) in [4.78, 5) is 18.1. The van der Waals surface area contributed by atoms with Crippen molar-refractivity contribution in [3.05, 3.63) is 29.8 Å². The number of nitrogens with zero attached hydrogens (tertiary/aromatic N) is 2. The fourth-order valence-electron chi connectivity index (χ4n) is 2.52. The van der Waals surface area contributed by atoms with Crippen LogP contribution < -0.4 is 9.64 Å². The zero-order valence-electron chi connectivity index (χ0n) is 12.0. The highest BCUT2D eigenvalue weighted by atomic mass is 16.5. The molecule has 0 spiro atoms. The summed E-state index contributed by atoms with van der Waals surface area (Å²) in [7, 11) is 0. The lowest BCUT2D eigenvalue weighted by Gasteiger charge is -2.28. The van der Waals surface area contributed by atoms with E-state index in [-0.39, 0.29) is 0 Å². The predicted octanol–water partition coefficient (Wildman–Crippen LogP) is 2.28. The van der Waals surface area contributed by atoms with Crippen LogP contribution in [-0.4, -0.2) is 44.2 Å². The number of hydrogen-bond donors (Lipinski definition) is 0. The fraction of sp³-hybridized carbons (Fsp3) is 0.375. The van der Waals surface area contributed by atoms with Crippen LogP contribution in [0.5, 0.6) is 5.75 Å². The monoisotopic (exact) mass is 286 g/mol. The van der Waals surface area contributed by atoms with E-state index < -0.39 is 0 Å². The number of anilines is 1. The third-order valence-corrected chi connectivity index (χ3v) is 3.55. The molecule has 1 fully saturated rings. The minimum atomic E-state index is 0.619. The highest BCUT2D eigenvalue weighted by Crippen LogP contribution is 2.26. The van der Waals surface area contributed by atoms with E-state index in [0.29, 0.717) is 25.4 Å². The normalized spacial score (nSPS) is 15.2. The SMILES string of the molecule is CCOc1ccc2cc(C=O)c(N3CCOCC3)nc2c1. The first-order valence-electron chi connectivity index (χ1n) is 7.17. The van der Waals surface area contributed by atoms with Crippen LogP contribution in [0.2, 0.25) is 0 Å². The van der Waals surface area contributed by atoms with Crippen molar-refractivity contribution in [2.75, 3.05) is 37.8 Å². The van der Waals surface area contributed by atoms with Crippen molar-refractivity contribution in [2.45, 2.75) is 6.92 Å². The molecule has 1 saturated heterocycles. The van der Waals surface area contributed by atoms with Gasteiger partial charge in [-0.15, -0.1) is 0 Å². The fourth-order valence-corrected chi connectivity index (χ4v) is 2.52. The molecule has 0 aliphatic carbocycles. The zero-order valence-corrected chi connectivity index (χ0v) is 12.0. The Morgan fingerprint density at radius 3 is 2.86 bits per heavy atom. The number of rotatable bonds is 4. The van der Waals surface area contributed by atoms with Crippen LogP contribution in [0.25, 0.3) is 10.9 Å². The van der Waals surface area contributed by atoms with Crippen LogP contribution in [0.4, 0.5) is 5.82 Å². The van der Waals surface area contributed by atoms with Crippen molar-refractivity contribution in [3.8, 4) is 5.75 Å². The van der Waals surface area contributed by atoms with Crippen molar-refractivity contribution in [2.24, 2.45) is 0 Å². The predicted molar refractivity (Wildman–Crippen MR) is 81.3 cm³/mol. The number of fused-ring (bicyclic) bond motifs is 1. The van der Waals surface area contributed by atoms with Gasteiger partial charge in [-0.05, 0) is 25.1 Å². The molecule has 1 aromatic carbocycles. The Morgan fingerprint density at radius 1 is 1.33 bits per heavy atom. The molecule has 1 aliphatic heterocycles. The van der Waals surface area contributed by atoms with E-state index in [4.69, 9.17) is 9.47 Å². The second-order valence-electron chi connectivity index (χ2n) is 4.91. The minimum absolute atomic E-state index is 0.619. The summed E-state index contributed by atoms with van der Waals surface area (Å²) < 4.78 is 10.9. The average molecular weight is 286 g/mol. The molecular weight excluding hydrogens is 268 g/mol. The van der Waals surface area contributed by atoms with E-state index in [1.54, 1.807) is 0 Å². The van der Waals surface area contributed by atoms with E-state index in [2.05, 4.69) is 9.88 Å². The van der Waals surface area contributed by atoms with Gasteiger partial charge in [-0.25, -0.2) is 4.98 Å². The molecule has 5 heteroatoms. The first-order chi connectivity index (χ1) is 10.3. The average Bonchev–Trinajstić information content (AvgIpc) is 2.54. The van der Waals surface area contributed by atoms with Gasteiger partial charge in [0.1, 0.15) is 11.6 Å². The number of aromatic nitrogens is 1. The van der Waals surface area contributed by atoms with E-state index in [9.17, 15) is 4.79 Å². The Balaban J connectivity index is 2.06. The van der Waals surface area contributed by atoms with Crippen LogP contribution in [0.3, 0.4) is 0 Å². The smallest absolute Gasteiger partial charge is 0.153 e. The van der Waals surface area contributed by atoms with Crippen LogP contribution in [0, 0.1) is 0 Å². The van der Waals surface area contributed by atoms with Gasteiger partial charge in [0.2, 0.25) is 0 Å². The molecule has 110 valence electrons. The summed E-state index contributed by atoms with van der Waals surface area (Å²) in [6, 6.07) is 7.63. The highest BCUT2D eigenvalue weighted by molar-refractivity contribution is 5.92. The van der Waals surface area contributed by atoms with Gasteiger partial charge in [-0.1, -0.05) is 0 Å². The summed E-state index contributed by atoms with van der Waals surface area (Å²) in [6.07, 6.45) is 0.869. The Morgan fingerprint density at radius 2 is 2.14 bits per heavy atom. The number of aldehydes is 1. The van der Waals surface area contributed by atoms with Crippen molar-refractivity contribution >= 4 is 23.0 Å².